The molecule has 0 aromatic heterocycles. The molecule has 160 valence electrons. The van der Waals surface area contributed by atoms with Crippen molar-refractivity contribution in [3.8, 4) is 6.07 Å². The van der Waals surface area contributed by atoms with E-state index in [4.69, 9.17) is 0 Å². The maximum Gasteiger partial charge on any atom is 0.294 e. The zero-order chi connectivity index (χ0) is 21.7. The molecule has 1 heterocycles. The fraction of sp³-hybridized carbons (Fsp3) is 0.435. The van der Waals surface area contributed by atoms with Crippen LogP contribution >= 0.6 is 22.6 Å². The number of aryl methyl sites for hydroxylation is 2. The summed E-state index contributed by atoms with van der Waals surface area (Å²) >= 11 is 2.29. The lowest BCUT2D eigenvalue weighted by molar-refractivity contribution is 0.111. The first-order valence-electron chi connectivity index (χ1n) is 10.3. The summed E-state index contributed by atoms with van der Waals surface area (Å²) in [6, 6.07) is 15.6. The average molecular weight is 538 g/mol. The summed E-state index contributed by atoms with van der Waals surface area (Å²) in [5.41, 5.74) is 2.69. The lowest BCUT2D eigenvalue weighted by Gasteiger charge is -2.39. The van der Waals surface area contributed by atoms with Gasteiger partial charge < -0.3 is 0 Å². The third kappa shape index (κ3) is 5.61. The highest BCUT2D eigenvalue weighted by Crippen LogP contribution is 2.33. The molecule has 1 aliphatic rings. The second kappa shape index (κ2) is 10.2. The highest BCUT2D eigenvalue weighted by atomic mass is 127. The van der Waals surface area contributed by atoms with E-state index in [0.717, 1.165) is 53.3 Å². The lowest BCUT2D eigenvalue weighted by atomic mass is 9.92. The van der Waals surface area contributed by atoms with E-state index in [1.165, 1.54) is 6.07 Å². The third-order valence-corrected chi connectivity index (χ3v) is 7.74. The van der Waals surface area contributed by atoms with Crippen molar-refractivity contribution >= 4 is 32.7 Å². The van der Waals surface area contributed by atoms with E-state index in [1.54, 1.807) is 6.07 Å². The summed E-state index contributed by atoms with van der Waals surface area (Å²) in [6.07, 6.45) is 5.55. The number of benzene rings is 2. The molecule has 0 spiro atoms. The van der Waals surface area contributed by atoms with Crippen molar-refractivity contribution in [1.29, 1.82) is 5.26 Å². The van der Waals surface area contributed by atoms with Gasteiger partial charge >= 0.3 is 0 Å². The summed E-state index contributed by atoms with van der Waals surface area (Å²) < 4.78 is 34.1. The van der Waals surface area contributed by atoms with E-state index < -0.39 is 10.1 Å². The summed E-state index contributed by atoms with van der Waals surface area (Å²) in [4.78, 5) is 2.32. The van der Waals surface area contributed by atoms with Gasteiger partial charge in [-0.3, -0.25) is 9.45 Å². The normalized spacial score (nSPS) is 18.7. The van der Waals surface area contributed by atoms with Gasteiger partial charge in [-0.1, -0.05) is 42.3 Å². The van der Waals surface area contributed by atoms with Crippen molar-refractivity contribution in [2.45, 2.75) is 62.4 Å². The number of piperidine rings is 1. The first-order chi connectivity index (χ1) is 14.3. The Hall–Kier alpha value is -1.47. The Morgan fingerprint density at radius 1 is 1.27 bits per heavy atom. The maximum absolute atomic E-state index is 11.7. The van der Waals surface area contributed by atoms with Crippen LogP contribution in [0.1, 0.15) is 54.8 Å². The molecule has 30 heavy (non-hydrogen) atoms. The van der Waals surface area contributed by atoms with Crippen molar-refractivity contribution in [2.75, 3.05) is 6.54 Å². The topological polar surface area (TPSA) is 81.4 Å². The summed E-state index contributed by atoms with van der Waals surface area (Å²) in [5, 5.41) is 9.94. The van der Waals surface area contributed by atoms with Gasteiger partial charge in [-0.15, -0.1) is 0 Å². The van der Waals surface area contributed by atoms with Crippen molar-refractivity contribution in [3.63, 3.8) is 0 Å². The van der Waals surface area contributed by atoms with Crippen LogP contribution in [0.25, 0.3) is 0 Å². The van der Waals surface area contributed by atoms with E-state index in [-0.39, 0.29) is 10.9 Å². The first-order valence-corrected chi connectivity index (χ1v) is 12.8. The fourth-order valence-electron chi connectivity index (χ4n) is 4.38. The zero-order valence-corrected chi connectivity index (χ0v) is 20.1. The molecule has 1 fully saturated rings. The van der Waals surface area contributed by atoms with E-state index in [9.17, 15) is 18.2 Å². The average Bonchev–Trinajstić information content (AvgIpc) is 2.70. The standard InChI is InChI=1S/C23H27IN2O3S/c1-17-12-13-23(30(27,28)29)18(15-17)7-6-9-19-8-4-5-14-26(19)22(16-25)20-10-2-3-11-21(20)24/h2-3,10-13,15,19,22H,4-9,14H2,1H3,(H,27,28,29). The van der Waals surface area contributed by atoms with Gasteiger partial charge in [-0.05, 0) is 84.9 Å². The predicted molar refractivity (Wildman–Crippen MR) is 126 cm³/mol. The molecule has 1 saturated heterocycles. The van der Waals surface area contributed by atoms with Crippen LogP contribution in [0, 0.1) is 21.8 Å². The van der Waals surface area contributed by atoms with E-state index in [1.807, 2.05) is 37.3 Å². The van der Waals surface area contributed by atoms with Gasteiger partial charge in [0.1, 0.15) is 6.04 Å². The highest BCUT2D eigenvalue weighted by Gasteiger charge is 2.30. The van der Waals surface area contributed by atoms with Crippen LogP contribution in [0.5, 0.6) is 0 Å². The number of nitrogens with zero attached hydrogens (tertiary/aromatic N) is 2. The predicted octanol–water partition coefficient (Wildman–Crippen LogP) is 5.29. The number of hydrogen-bond acceptors (Lipinski definition) is 4. The number of nitriles is 1. The Morgan fingerprint density at radius 2 is 2.03 bits per heavy atom. The van der Waals surface area contributed by atoms with E-state index in [0.29, 0.717) is 18.0 Å². The highest BCUT2D eigenvalue weighted by molar-refractivity contribution is 14.1. The van der Waals surface area contributed by atoms with Gasteiger partial charge in [0.2, 0.25) is 0 Å². The smallest absolute Gasteiger partial charge is 0.282 e. The molecule has 2 unspecified atom stereocenters. The Labute approximate surface area is 193 Å². The molecular weight excluding hydrogens is 511 g/mol. The number of rotatable bonds is 7. The second-order valence-electron chi connectivity index (χ2n) is 7.92. The quantitative estimate of drug-likeness (QED) is 0.383. The van der Waals surface area contributed by atoms with Crippen LogP contribution in [0.4, 0.5) is 0 Å². The molecule has 0 saturated carbocycles. The third-order valence-electron chi connectivity index (χ3n) is 5.80. The van der Waals surface area contributed by atoms with Gasteiger partial charge in [-0.2, -0.15) is 13.7 Å². The molecular formula is C23H27IN2O3S. The molecule has 0 amide bonds. The molecule has 1 N–H and O–H groups in total. The minimum Gasteiger partial charge on any atom is -0.282 e. The van der Waals surface area contributed by atoms with E-state index >= 15 is 0 Å². The van der Waals surface area contributed by atoms with E-state index in [2.05, 4.69) is 33.6 Å². The molecule has 3 rings (SSSR count). The van der Waals surface area contributed by atoms with Gasteiger partial charge in [0.25, 0.3) is 10.1 Å². The Balaban J connectivity index is 1.74. The molecule has 7 heteroatoms. The molecule has 1 aliphatic heterocycles. The zero-order valence-electron chi connectivity index (χ0n) is 17.1. The van der Waals surface area contributed by atoms with Crippen molar-refractivity contribution in [2.24, 2.45) is 0 Å². The molecule has 2 atom stereocenters. The summed E-state index contributed by atoms with van der Waals surface area (Å²) in [6.45, 7) is 2.81. The monoisotopic (exact) mass is 538 g/mol. The Kier molecular flexibility index (Phi) is 7.91. The molecule has 2 aromatic carbocycles. The molecule has 5 nitrogen and oxygen atoms in total. The number of hydrogen-bond donors (Lipinski definition) is 1. The molecule has 2 aromatic rings. The summed E-state index contributed by atoms with van der Waals surface area (Å²) in [5.74, 6) is 0. The second-order valence-corrected chi connectivity index (χ2v) is 10.5. The van der Waals surface area contributed by atoms with Crippen LogP contribution in [0.3, 0.4) is 0 Å². The minimum atomic E-state index is -4.23. The minimum absolute atomic E-state index is 0.00217. The van der Waals surface area contributed by atoms with Gasteiger partial charge in [0.15, 0.2) is 0 Å². The molecule has 0 aliphatic carbocycles. The molecule has 0 radical (unpaired) electrons. The van der Waals surface area contributed by atoms with Crippen LogP contribution in [-0.2, 0) is 16.5 Å². The SMILES string of the molecule is Cc1ccc(S(=O)(=O)O)c(CCCC2CCCCN2C(C#N)c2ccccc2I)c1. The number of halogens is 1. The Morgan fingerprint density at radius 3 is 2.73 bits per heavy atom. The fourth-order valence-corrected chi connectivity index (χ4v) is 5.79. The van der Waals surface area contributed by atoms with Crippen LogP contribution in [0.15, 0.2) is 47.4 Å². The number of likely N-dealkylation sites (tertiary alicyclic amines) is 1. The van der Waals surface area contributed by atoms with Gasteiger partial charge in [0.05, 0.1) is 11.0 Å². The van der Waals surface area contributed by atoms with Crippen LogP contribution < -0.4 is 0 Å². The van der Waals surface area contributed by atoms with Crippen molar-refractivity contribution < 1.29 is 13.0 Å². The van der Waals surface area contributed by atoms with Crippen molar-refractivity contribution in [3.05, 3.63) is 62.7 Å². The lowest BCUT2D eigenvalue weighted by Crippen LogP contribution is -2.42. The van der Waals surface area contributed by atoms with Gasteiger partial charge in [0, 0.05) is 16.2 Å². The van der Waals surface area contributed by atoms with Crippen LogP contribution in [0.2, 0.25) is 0 Å². The first kappa shape index (κ1) is 23.2. The van der Waals surface area contributed by atoms with Crippen LogP contribution in [-0.4, -0.2) is 30.5 Å². The largest absolute Gasteiger partial charge is 0.294 e. The summed E-state index contributed by atoms with van der Waals surface area (Å²) in [7, 11) is -4.23. The Bertz CT molecular complexity index is 1030. The molecule has 0 bridgehead atoms. The van der Waals surface area contributed by atoms with Gasteiger partial charge in [-0.25, -0.2) is 0 Å². The van der Waals surface area contributed by atoms with Crippen molar-refractivity contribution in [1.82, 2.24) is 4.90 Å². The maximum atomic E-state index is 11.7.